The minimum absolute atomic E-state index is 0. The number of aryl methyl sites for hydroxylation is 2. The largest absolute Gasteiger partial charge is 0.480 e. The van der Waals surface area contributed by atoms with Gasteiger partial charge in [-0.15, -0.1) is 12.4 Å². The fraction of sp³-hybridized carbons (Fsp3) is 0.472. The van der Waals surface area contributed by atoms with Gasteiger partial charge in [0.1, 0.15) is 0 Å². The number of carboxylic acid groups (broad SMARTS) is 1. The molecule has 0 bridgehead atoms. The molecule has 21 heteroatoms. The number of hydrogen-bond donors (Lipinski definition) is 4. The second-order valence-corrected chi connectivity index (χ2v) is 14.4. The topological polar surface area (TPSA) is 187 Å². The van der Waals surface area contributed by atoms with Gasteiger partial charge in [-0.1, -0.05) is 12.1 Å². The van der Waals surface area contributed by atoms with E-state index in [4.69, 9.17) is 5.11 Å². The predicted molar refractivity (Wildman–Crippen MR) is 201 cm³/mol. The van der Waals surface area contributed by atoms with Crippen LogP contribution in [-0.2, 0) is 28.5 Å². The van der Waals surface area contributed by atoms with E-state index in [1.54, 1.807) is 55.2 Å². The zero-order valence-electron chi connectivity index (χ0n) is 30.9. The van der Waals surface area contributed by atoms with E-state index in [-0.39, 0.29) is 69.7 Å². The SMILES string of the molecule is Cl.Cn1nc(N2CCC(=O)NC2=O)c2ccc([C@@H]3CCN(CC(=O)O)CC3(F)F)cc21.Cn1nc(N2CCC(=O)NC2=O)c2ccc([C@@H]3CCNCC3(F)F)cc21. The van der Waals surface area contributed by atoms with Crippen LogP contribution in [0.2, 0.25) is 0 Å². The number of carboxylic acids is 1. The van der Waals surface area contributed by atoms with Crippen molar-refractivity contribution in [3.05, 3.63) is 47.5 Å². The first-order chi connectivity index (χ1) is 26.5. The number of benzene rings is 2. The Bertz CT molecular complexity index is 2250. The van der Waals surface area contributed by atoms with Crippen LogP contribution in [0.25, 0.3) is 21.8 Å². The third-order valence-corrected chi connectivity index (χ3v) is 10.7. The van der Waals surface area contributed by atoms with Crippen molar-refractivity contribution in [3.8, 4) is 0 Å². The molecule has 16 nitrogen and oxygen atoms in total. The summed E-state index contributed by atoms with van der Waals surface area (Å²) in [6.45, 7) is -0.0918. The second-order valence-electron chi connectivity index (χ2n) is 14.4. The molecular formula is C36H41ClF4N10O6. The fourth-order valence-corrected chi connectivity index (χ4v) is 7.87. The summed E-state index contributed by atoms with van der Waals surface area (Å²) in [5, 5.41) is 26.2. The number of nitrogens with one attached hydrogen (secondary N) is 3. The van der Waals surface area contributed by atoms with Gasteiger partial charge in [-0.2, -0.15) is 10.2 Å². The molecule has 4 saturated heterocycles. The summed E-state index contributed by atoms with van der Waals surface area (Å²) in [5.41, 5.74) is 2.28. The van der Waals surface area contributed by atoms with Gasteiger partial charge in [-0.3, -0.25) is 49.1 Å². The van der Waals surface area contributed by atoms with Crippen molar-refractivity contribution < 1.29 is 46.6 Å². The number of aliphatic carboxylic acids is 1. The number of amides is 6. The Morgan fingerprint density at radius 3 is 1.70 bits per heavy atom. The minimum Gasteiger partial charge on any atom is -0.480 e. The number of imide groups is 2. The number of hydrogen-bond acceptors (Lipinski definition) is 9. The van der Waals surface area contributed by atoms with Gasteiger partial charge in [0, 0.05) is 50.8 Å². The Hall–Kier alpha value is -5.34. The van der Waals surface area contributed by atoms with Crippen LogP contribution in [0, 0.1) is 0 Å². The van der Waals surface area contributed by atoms with Crippen LogP contribution in [0.3, 0.4) is 0 Å². The lowest BCUT2D eigenvalue weighted by atomic mass is 9.86. The summed E-state index contributed by atoms with van der Waals surface area (Å²) in [6, 6.07) is 8.97. The minimum atomic E-state index is -3.07. The smallest absolute Gasteiger partial charge is 0.329 e. The summed E-state index contributed by atoms with van der Waals surface area (Å²) in [7, 11) is 3.37. The molecule has 4 N–H and O–H groups in total. The Balaban J connectivity index is 0.000000191. The molecule has 2 aromatic carbocycles. The third kappa shape index (κ3) is 8.24. The van der Waals surface area contributed by atoms with E-state index in [9.17, 15) is 41.5 Å². The fourth-order valence-electron chi connectivity index (χ4n) is 7.87. The monoisotopic (exact) mass is 820 g/mol. The van der Waals surface area contributed by atoms with Gasteiger partial charge >= 0.3 is 18.0 Å². The molecule has 0 saturated carbocycles. The third-order valence-electron chi connectivity index (χ3n) is 10.7. The number of rotatable bonds is 6. The van der Waals surface area contributed by atoms with Gasteiger partial charge in [-0.25, -0.2) is 27.2 Å². The molecule has 57 heavy (non-hydrogen) atoms. The number of piperidine rings is 2. The molecule has 8 rings (SSSR count). The normalized spacial score (nSPS) is 22.4. The summed E-state index contributed by atoms with van der Waals surface area (Å²) in [5.74, 6) is -8.77. The molecule has 306 valence electrons. The summed E-state index contributed by atoms with van der Waals surface area (Å²) < 4.78 is 61.2. The van der Waals surface area contributed by atoms with Crippen LogP contribution in [0.5, 0.6) is 0 Å². The van der Waals surface area contributed by atoms with E-state index in [1.807, 2.05) is 0 Å². The first kappa shape index (κ1) is 41.3. The first-order valence-electron chi connectivity index (χ1n) is 18.1. The van der Waals surface area contributed by atoms with Gasteiger partial charge in [0.2, 0.25) is 11.8 Å². The highest BCUT2D eigenvalue weighted by molar-refractivity contribution is 6.10. The second kappa shape index (κ2) is 15.9. The van der Waals surface area contributed by atoms with Crippen molar-refractivity contribution in [1.82, 2.24) is 40.4 Å². The molecule has 6 amide bonds. The highest BCUT2D eigenvalue weighted by Gasteiger charge is 2.46. The van der Waals surface area contributed by atoms with Crippen molar-refractivity contribution in [1.29, 1.82) is 0 Å². The van der Waals surface area contributed by atoms with Crippen molar-refractivity contribution >= 4 is 75.7 Å². The molecule has 4 aromatic rings. The van der Waals surface area contributed by atoms with Crippen LogP contribution < -0.4 is 25.8 Å². The molecule has 0 spiro atoms. The number of nitrogens with zero attached hydrogens (tertiary/aromatic N) is 7. The zero-order chi connectivity index (χ0) is 40.1. The molecular weight excluding hydrogens is 780 g/mol. The van der Waals surface area contributed by atoms with Gasteiger partial charge < -0.3 is 10.4 Å². The van der Waals surface area contributed by atoms with E-state index in [2.05, 4.69) is 26.1 Å². The average molecular weight is 821 g/mol. The van der Waals surface area contributed by atoms with Crippen molar-refractivity contribution in [2.75, 3.05) is 55.6 Å². The Labute approximate surface area is 328 Å². The molecule has 4 fully saturated rings. The molecule has 4 aliphatic heterocycles. The molecule has 6 heterocycles. The standard InChI is InChI=1S/C19H21F2N5O4.C17H19F2N5O2.ClH/c1-24-14-8-11(13-4-6-25(9-16(28)29)10-19(13,20)21)2-3-12(14)17(23-24)26-7-5-15(27)22-18(26)30;1-23-13-8-10(12-4-6-20-9-17(12,18)19)2-3-11(13)15(22-23)24-7-5-14(25)21-16(24)26;/h2-3,8,13H,4-7,9-10H2,1H3,(H,28,29)(H,22,27,30);2-3,8,12,20H,4-7,9H2,1H3,(H,21,25,26);1H/t13-;12-;/m00./s1. The maximum atomic E-state index is 14.8. The number of carbonyl (C=O) groups excluding carboxylic acids is 4. The highest BCUT2D eigenvalue weighted by atomic mass is 35.5. The first-order valence-corrected chi connectivity index (χ1v) is 18.1. The van der Waals surface area contributed by atoms with E-state index < -0.39 is 54.8 Å². The summed E-state index contributed by atoms with van der Waals surface area (Å²) >= 11 is 0. The van der Waals surface area contributed by atoms with Crippen LogP contribution in [0.1, 0.15) is 48.6 Å². The number of urea groups is 2. The van der Waals surface area contributed by atoms with E-state index >= 15 is 0 Å². The van der Waals surface area contributed by atoms with Crippen molar-refractivity contribution in [3.63, 3.8) is 0 Å². The van der Waals surface area contributed by atoms with Crippen molar-refractivity contribution in [2.24, 2.45) is 14.1 Å². The number of halogens is 5. The molecule has 0 unspecified atom stereocenters. The van der Waals surface area contributed by atoms with E-state index in [1.165, 1.54) is 19.4 Å². The van der Waals surface area contributed by atoms with Gasteiger partial charge in [-0.05, 0) is 61.3 Å². The van der Waals surface area contributed by atoms with Gasteiger partial charge in [0.05, 0.1) is 42.5 Å². The quantitative estimate of drug-likeness (QED) is 0.209. The molecule has 2 atom stereocenters. The van der Waals surface area contributed by atoms with E-state index in [0.717, 1.165) is 0 Å². The zero-order valence-corrected chi connectivity index (χ0v) is 31.8. The maximum absolute atomic E-state index is 14.8. The number of carbonyl (C=O) groups is 5. The molecule has 4 aliphatic rings. The van der Waals surface area contributed by atoms with Gasteiger partial charge in [0.25, 0.3) is 11.8 Å². The molecule has 0 radical (unpaired) electrons. The van der Waals surface area contributed by atoms with Crippen LogP contribution in [0.4, 0.5) is 38.8 Å². The molecule has 2 aromatic heterocycles. The van der Waals surface area contributed by atoms with Crippen molar-refractivity contribution in [2.45, 2.75) is 49.4 Å². The Morgan fingerprint density at radius 2 is 1.26 bits per heavy atom. The lowest BCUT2D eigenvalue weighted by molar-refractivity contribution is -0.142. The highest BCUT2D eigenvalue weighted by Crippen LogP contribution is 2.42. The number of aromatic nitrogens is 4. The lowest BCUT2D eigenvalue weighted by Crippen LogP contribution is -2.49. The number of likely N-dealkylation sites (tertiary alicyclic amines) is 1. The van der Waals surface area contributed by atoms with Crippen LogP contribution in [0.15, 0.2) is 36.4 Å². The number of fused-ring (bicyclic) bond motifs is 2. The lowest BCUT2D eigenvalue weighted by Gasteiger charge is -2.37. The van der Waals surface area contributed by atoms with Crippen LogP contribution >= 0.6 is 12.4 Å². The van der Waals surface area contributed by atoms with E-state index in [0.29, 0.717) is 57.5 Å². The number of alkyl halides is 4. The predicted octanol–water partition coefficient (Wildman–Crippen LogP) is 3.68. The Kier molecular flexibility index (Phi) is 11.5. The number of anilines is 2. The summed E-state index contributed by atoms with van der Waals surface area (Å²) in [6.07, 6.45) is 0.846. The average Bonchev–Trinajstić information content (AvgIpc) is 3.62. The van der Waals surface area contributed by atoms with Gasteiger partial charge in [0.15, 0.2) is 11.6 Å². The Morgan fingerprint density at radius 1 is 0.772 bits per heavy atom. The molecule has 0 aliphatic carbocycles. The summed E-state index contributed by atoms with van der Waals surface area (Å²) in [4.78, 5) is 61.8. The maximum Gasteiger partial charge on any atom is 0.329 e. The van der Waals surface area contributed by atoms with Crippen LogP contribution in [-0.4, -0.2) is 117 Å².